The van der Waals surface area contributed by atoms with E-state index in [9.17, 15) is 4.79 Å². The molecule has 18 heavy (non-hydrogen) atoms. The molecule has 5 heteroatoms. The van der Waals surface area contributed by atoms with Gasteiger partial charge in [0.1, 0.15) is 5.75 Å². The molecule has 1 saturated heterocycles. The number of carbonyl (C=O) groups excluding carboxylic acids is 1. The molecule has 98 valence electrons. The quantitative estimate of drug-likeness (QED) is 0.791. The molecule has 1 aliphatic heterocycles. The number of aromatic nitrogens is 1. The molecule has 1 N–H and O–H groups in total. The molecule has 0 radical (unpaired) electrons. The van der Waals surface area contributed by atoms with Crippen LogP contribution in [0, 0.1) is 0 Å². The maximum Gasteiger partial charge on any atom is 0.181 e. The number of nitrogens with zero attached hydrogens (tertiary/aromatic N) is 1. The lowest BCUT2D eigenvalue weighted by Gasteiger charge is -2.10. The molecule has 2 rings (SSSR count). The smallest absolute Gasteiger partial charge is 0.181 e. The lowest BCUT2D eigenvalue weighted by molar-refractivity contribution is 0.0918. The molecule has 5 nitrogen and oxygen atoms in total. The lowest BCUT2D eigenvalue weighted by Crippen LogP contribution is -2.30. The number of rotatable bonds is 5. The first-order valence-corrected chi connectivity index (χ1v) is 6.12. The first-order chi connectivity index (χ1) is 8.74. The number of methoxy groups -OCH3 is 1. The summed E-state index contributed by atoms with van der Waals surface area (Å²) < 4.78 is 10.6. The van der Waals surface area contributed by atoms with Crippen LogP contribution in [0.5, 0.6) is 5.75 Å². The number of hydrogen-bond donors (Lipinski definition) is 1. The van der Waals surface area contributed by atoms with E-state index in [1.54, 1.807) is 25.6 Å². The summed E-state index contributed by atoms with van der Waals surface area (Å²) in [6, 6.07) is 1.55. The van der Waals surface area contributed by atoms with Crippen LogP contribution in [0.25, 0.3) is 0 Å². The summed E-state index contributed by atoms with van der Waals surface area (Å²) in [5.41, 5.74) is 0.579. The Labute approximate surface area is 107 Å². The van der Waals surface area contributed by atoms with Crippen molar-refractivity contribution in [3.63, 3.8) is 0 Å². The second kappa shape index (κ2) is 5.93. The average Bonchev–Trinajstić information content (AvgIpc) is 2.87. The van der Waals surface area contributed by atoms with E-state index in [4.69, 9.17) is 9.47 Å². The van der Waals surface area contributed by atoms with Gasteiger partial charge in [0.25, 0.3) is 0 Å². The molecular weight excluding hydrogens is 232 g/mol. The van der Waals surface area contributed by atoms with Gasteiger partial charge in [0.2, 0.25) is 0 Å². The van der Waals surface area contributed by atoms with E-state index >= 15 is 0 Å². The van der Waals surface area contributed by atoms with Gasteiger partial charge < -0.3 is 14.8 Å². The molecule has 0 aromatic carbocycles. The fourth-order valence-electron chi connectivity index (χ4n) is 2.08. The van der Waals surface area contributed by atoms with Crippen molar-refractivity contribution in [2.24, 2.45) is 0 Å². The van der Waals surface area contributed by atoms with Gasteiger partial charge in [0.15, 0.2) is 5.78 Å². The third kappa shape index (κ3) is 2.86. The van der Waals surface area contributed by atoms with Crippen molar-refractivity contribution in [3.05, 3.63) is 24.0 Å². The van der Waals surface area contributed by atoms with Gasteiger partial charge in [-0.3, -0.25) is 9.78 Å². The van der Waals surface area contributed by atoms with Gasteiger partial charge in [-0.25, -0.2) is 0 Å². The van der Waals surface area contributed by atoms with Crippen LogP contribution in [-0.4, -0.2) is 43.2 Å². The Balaban J connectivity index is 2.07. The SMILES string of the molecule is CCOc1cncc(C(=O)C2CC(OC)CN2)c1. The molecule has 1 fully saturated rings. The number of ether oxygens (including phenoxy) is 2. The minimum Gasteiger partial charge on any atom is -0.492 e. The molecule has 0 spiro atoms. The van der Waals surface area contributed by atoms with E-state index in [0.29, 0.717) is 30.9 Å². The van der Waals surface area contributed by atoms with Crippen molar-refractivity contribution >= 4 is 5.78 Å². The molecule has 0 aliphatic carbocycles. The molecule has 0 amide bonds. The van der Waals surface area contributed by atoms with Crippen LogP contribution in [0.15, 0.2) is 18.5 Å². The molecule has 0 bridgehead atoms. The second-order valence-corrected chi connectivity index (χ2v) is 4.26. The van der Waals surface area contributed by atoms with Crippen molar-refractivity contribution in [1.29, 1.82) is 0 Å². The Morgan fingerprint density at radius 2 is 2.39 bits per heavy atom. The summed E-state index contributed by atoms with van der Waals surface area (Å²) in [6.07, 6.45) is 4.00. The fourth-order valence-corrected chi connectivity index (χ4v) is 2.08. The van der Waals surface area contributed by atoms with Crippen LogP contribution in [-0.2, 0) is 4.74 Å². The number of nitrogens with one attached hydrogen (secondary N) is 1. The normalized spacial score (nSPS) is 23.0. The molecular formula is C13H18N2O3. The van der Waals surface area contributed by atoms with E-state index in [2.05, 4.69) is 10.3 Å². The summed E-state index contributed by atoms with van der Waals surface area (Å²) in [7, 11) is 1.66. The average molecular weight is 250 g/mol. The third-order valence-electron chi connectivity index (χ3n) is 3.05. The molecule has 0 saturated carbocycles. The van der Waals surface area contributed by atoms with Crippen LogP contribution in [0.4, 0.5) is 0 Å². The van der Waals surface area contributed by atoms with Crippen LogP contribution < -0.4 is 10.1 Å². The minimum absolute atomic E-state index is 0.0450. The standard InChI is InChI=1S/C13H18N2O3/c1-3-18-11-4-9(6-14-7-11)13(16)12-5-10(17-2)8-15-12/h4,6-7,10,12,15H,3,5,8H2,1-2H3. The highest BCUT2D eigenvalue weighted by atomic mass is 16.5. The first-order valence-electron chi connectivity index (χ1n) is 6.12. The van der Waals surface area contributed by atoms with E-state index in [1.165, 1.54) is 0 Å². The summed E-state index contributed by atoms with van der Waals surface area (Å²) >= 11 is 0. The fraction of sp³-hybridized carbons (Fsp3) is 0.538. The number of carbonyl (C=O) groups is 1. The maximum atomic E-state index is 12.3. The van der Waals surface area contributed by atoms with Crippen molar-refractivity contribution < 1.29 is 14.3 Å². The highest BCUT2D eigenvalue weighted by Crippen LogP contribution is 2.17. The number of ketones is 1. The topological polar surface area (TPSA) is 60.5 Å². The van der Waals surface area contributed by atoms with E-state index in [0.717, 1.165) is 0 Å². The number of hydrogen-bond acceptors (Lipinski definition) is 5. The Hall–Kier alpha value is -1.46. The van der Waals surface area contributed by atoms with E-state index < -0.39 is 0 Å². The molecule has 2 heterocycles. The Kier molecular flexibility index (Phi) is 4.28. The third-order valence-corrected chi connectivity index (χ3v) is 3.05. The Morgan fingerprint density at radius 3 is 3.06 bits per heavy atom. The van der Waals surface area contributed by atoms with Gasteiger partial charge in [-0.2, -0.15) is 0 Å². The van der Waals surface area contributed by atoms with Crippen molar-refractivity contribution in [3.8, 4) is 5.75 Å². The lowest BCUT2D eigenvalue weighted by atomic mass is 10.0. The minimum atomic E-state index is -0.186. The summed E-state index contributed by atoms with van der Waals surface area (Å²) in [5.74, 6) is 0.674. The van der Waals surface area contributed by atoms with Gasteiger partial charge in [-0.05, 0) is 19.4 Å². The summed E-state index contributed by atoms with van der Waals surface area (Å²) in [4.78, 5) is 16.3. The zero-order valence-corrected chi connectivity index (χ0v) is 10.7. The molecule has 1 aromatic heterocycles. The predicted molar refractivity (Wildman–Crippen MR) is 66.9 cm³/mol. The highest BCUT2D eigenvalue weighted by molar-refractivity contribution is 6.00. The summed E-state index contributed by atoms with van der Waals surface area (Å²) in [6.45, 7) is 3.18. The van der Waals surface area contributed by atoms with Crippen LogP contribution in [0.1, 0.15) is 23.7 Å². The van der Waals surface area contributed by atoms with Crippen molar-refractivity contribution in [2.75, 3.05) is 20.3 Å². The van der Waals surface area contributed by atoms with Crippen LogP contribution >= 0.6 is 0 Å². The highest BCUT2D eigenvalue weighted by Gasteiger charge is 2.30. The van der Waals surface area contributed by atoms with Gasteiger partial charge in [-0.15, -0.1) is 0 Å². The van der Waals surface area contributed by atoms with Crippen LogP contribution in [0.2, 0.25) is 0 Å². The number of pyridine rings is 1. The maximum absolute atomic E-state index is 12.3. The zero-order chi connectivity index (χ0) is 13.0. The predicted octanol–water partition coefficient (Wildman–Crippen LogP) is 1.04. The first kappa shape index (κ1) is 13.0. The molecule has 2 atom stereocenters. The Bertz CT molecular complexity index is 422. The van der Waals surface area contributed by atoms with Crippen molar-refractivity contribution in [1.82, 2.24) is 10.3 Å². The number of Topliss-reactive ketones (excluding diaryl/α,β-unsaturated/α-hetero) is 1. The second-order valence-electron chi connectivity index (χ2n) is 4.26. The summed E-state index contributed by atoms with van der Waals surface area (Å²) in [5, 5.41) is 3.16. The van der Waals surface area contributed by atoms with Gasteiger partial charge >= 0.3 is 0 Å². The van der Waals surface area contributed by atoms with Gasteiger partial charge in [0, 0.05) is 25.4 Å². The van der Waals surface area contributed by atoms with Crippen molar-refractivity contribution in [2.45, 2.75) is 25.5 Å². The monoisotopic (exact) mass is 250 g/mol. The molecule has 1 aromatic rings. The van der Waals surface area contributed by atoms with Gasteiger partial charge in [0.05, 0.1) is 24.9 Å². The largest absolute Gasteiger partial charge is 0.492 e. The molecule has 1 aliphatic rings. The zero-order valence-electron chi connectivity index (χ0n) is 10.7. The van der Waals surface area contributed by atoms with Crippen LogP contribution in [0.3, 0.4) is 0 Å². The van der Waals surface area contributed by atoms with Gasteiger partial charge in [-0.1, -0.05) is 0 Å². The molecule has 2 unspecified atom stereocenters. The van der Waals surface area contributed by atoms with E-state index in [1.807, 2.05) is 6.92 Å². The van der Waals surface area contributed by atoms with E-state index in [-0.39, 0.29) is 17.9 Å². The Morgan fingerprint density at radius 1 is 1.56 bits per heavy atom.